The van der Waals surface area contributed by atoms with Crippen molar-refractivity contribution < 1.29 is 0 Å². The van der Waals surface area contributed by atoms with Gasteiger partial charge >= 0.3 is 0 Å². The van der Waals surface area contributed by atoms with Gasteiger partial charge in [-0.15, -0.1) is 0 Å². The van der Waals surface area contributed by atoms with E-state index >= 15 is 0 Å². The maximum absolute atomic E-state index is 5.25. The highest BCUT2D eigenvalue weighted by atomic mass is 32.2. The predicted molar refractivity (Wildman–Crippen MR) is 39.8 cm³/mol. The third-order valence-electron chi connectivity index (χ3n) is 0.539. The maximum Gasteiger partial charge on any atom is 0.0202 e. The highest BCUT2D eigenvalue weighted by Crippen LogP contribution is 1.92. The van der Waals surface area contributed by atoms with Crippen LogP contribution in [0.5, 0.6) is 0 Å². The minimum absolute atomic E-state index is 0.562. The van der Waals surface area contributed by atoms with Gasteiger partial charge in [-0.05, 0) is 13.8 Å². The van der Waals surface area contributed by atoms with Crippen LogP contribution in [-0.4, -0.2) is 18.3 Å². The molecule has 8 heavy (non-hydrogen) atoms. The quantitative estimate of drug-likeness (QED) is 0.436. The van der Waals surface area contributed by atoms with E-state index in [1.165, 1.54) is 0 Å². The Morgan fingerprint density at radius 2 is 2.25 bits per heavy atom. The summed E-state index contributed by atoms with van der Waals surface area (Å²) in [4.78, 5) is 0. The van der Waals surface area contributed by atoms with Crippen LogP contribution in [0.1, 0.15) is 13.8 Å². The van der Waals surface area contributed by atoms with Gasteiger partial charge in [-0.25, -0.2) is 0 Å². The Balaban J connectivity index is 2.72. The summed E-state index contributed by atoms with van der Waals surface area (Å²) in [5.41, 5.74) is 5.25. The van der Waals surface area contributed by atoms with E-state index in [1.807, 2.05) is 0 Å². The fraction of sp³-hybridized carbons (Fsp3) is 1.00. The Morgan fingerprint density at radius 3 is 2.62 bits per heavy atom. The molecule has 2 nitrogen and oxygen atoms in total. The molecule has 0 aliphatic heterocycles. The van der Waals surface area contributed by atoms with Crippen LogP contribution in [0, 0.1) is 0 Å². The summed E-state index contributed by atoms with van der Waals surface area (Å²) in [7, 11) is 0. The normalized spacial score (nSPS) is 10.5. The van der Waals surface area contributed by atoms with Gasteiger partial charge in [0.05, 0.1) is 0 Å². The Morgan fingerprint density at radius 1 is 1.62 bits per heavy atom. The van der Waals surface area contributed by atoms with Crippen LogP contribution in [0.4, 0.5) is 0 Å². The van der Waals surface area contributed by atoms with E-state index in [9.17, 15) is 0 Å². The van der Waals surface area contributed by atoms with Gasteiger partial charge < -0.3 is 5.73 Å². The van der Waals surface area contributed by atoms with Crippen LogP contribution in [0.15, 0.2) is 0 Å². The summed E-state index contributed by atoms with van der Waals surface area (Å²) < 4.78 is 3.18. The summed E-state index contributed by atoms with van der Waals surface area (Å²) in [6, 6.07) is 0.562. The van der Waals surface area contributed by atoms with Gasteiger partial charge in [-0.3, -0.25) is 4.72 Å². The molecule has 0 atom stereocenters. The van der Waals surface area contributed by atoms with E-state index in [1.54, 1.807) is 11.9 Å². The van der Waals surface area contributed by atoms with Gasteiger partial charge in [0, 0.05) is 18.3 Å². The molecule has 0 saturated heterocycles. The Labute approximate surface area is 55.3 Å². The van der Waals surface area contributed by atoms with E-state index in [-0.39, 0.29) is 0 Å². The smallest absolute Gasteiger partial charge is 0.0202 e. The molecule has 0 saturated carbocycles. The minimum Gasteiger partial charge on any atom is -0.330 e. The van der Waals surface area contributed by atoms with E-state index < -0.39 is 0 Å². The van der Waals surface area contributed by atoms with Crippen molar-refractivity contribution in [3.05, 3.63) is 0 Å². The maximum atomic E-state index is 5.25. The minimum atomic E-state index is 0.562. The van der Waals surface area contributed by atoms with Crippen LogP contribution in [0.25, 0.3) is 0 Å². The van der Waals surface area contributed by atoms with Crippen molar-refractivity contribution >= 4 is 11.9 Å². The van der Waals surface area contributed by atoms with E-state index in [0.717, 1.165) is 12.3 Å². The first-order chi connectivity index (χ1) is 3.77. The monoisotopic (exact) mass is 134 g/mol. The Kier molecular flexibility index (Phi) is 5.59. The van der Waals surface area contributed by atoms with Crippen LogP contribution in [-0.2, 0) is 0 Å². The summed E-state index contributed by atoms with van der Waals surface area (Å²) >= 11 is 1.69. The molecule has 3 heteroatoms. The third-order valence-corrected chi connectivity index (χ3v) is 1.62. The number of hydrogen-bond acceptors (Lipinski definition) is 3. The van der Waals surface area contributed by atoms with E-state index in [4.69, 9.17) is 5.73 Å². The highest BCUT2D eigenvalue weighted by Gasteiger charge is 1.88. The molecule has 3 N–H and O–H groups in total. The first-order valence-electron chi connectivity index (χ1n) is 2.84. The van der Waals surface area contributed by atoms with Gasteiger partial charge in [0.25, 0.3) is 0 Å². The van der Waals surface area contributed by atoms with Gasteiger partial charge in [-0.1, -0.05) is 11.9 Å². The van der Waals surface area contributed by atoms with Crippen LogP contribution in [0.3, 0.4) is 0 Å². The third kappa shape index (κ3) is 6.27. The molecule has 0 radical (unpaired) electrons. The fourth-order valence-electron chi connectivity index (χ4n) is 0.285. The molecule has 0 aromatic rings. The fourth-order valence-corrected chi connectivity index (χ4v) is 0.854. The number of nitrogens with two attached hydrogens (primary N) is 1. The summed E-state index contributed by atoms with van der Waals surface area (Å²) in [5, 5.41) is 0. The zero-order valence-corrected chi connectivity index (χ0v) is 6.29. The zero-order chi connectivity index (χ0) is 6.41. The second-order valence-corrected chi connectivity index (χ2v) is 2.84. The van der Waals surface area contributed by atoms with Crippen LogP contribution < -0.4 is 10.5 Å². The summed E-state index contributed by atoms with van der Waals surface area (Å²) in [5.74, 6) is 0.998. The van der Waals surface area contributed by atoms with Crippen molar-refractivity contribution in [3.8, 4) is 0 Å². The average Bonchev–Trinajstić information content (AvgIpc) is 1.66. The molecule has 0 aromatic heterocycles. The van der Waals surface area contributed by atoms with E-state index in [0.29, 0.717) is 6.04 Å². The second kappa shape index (κ2) is 5.41. The molecule has 0 amide bonds. The molecule has 0 heterocycles. The first-order valence-corrected chi connectivity index (χ1v) is 3.83. The lowest BCUT2D eigenvalue weighted by molar-refractivity contribution is 0.770. The van der Waals surface area contributed by atoms with Gasteiger partial charge in [-0.2, -0.15) is 0 Å². The first kappa shape index (κ1) is 8.27. The SMILES string of the molecule is CC(C)NSCCN. The summed E-state index contributed by atoms with van der Waals surface area (Å²) in [6.45, 7) is 4.98. The standard InChI is InChI=1S/C5H14N2S/c1-5(2)7-8-4-3-6/h5,7H,3-4,6H2,1-2H3. The van der Waals surface area contributed by atoms with Crippen molar-refractivity contribution in [1.82, 2.24) is 4.72 Å². The van der Waals surface area contributed by atoms with Gasteiger partial charge in [0.15, 0.2) is 0 Å². The molecule has 0 aromatic carbocycles. The van der Waals surface area contributed by atoms with Crippen molar-refractivity contribution in [3.63, 3.8) is 0 Å². The Bertz CT molecular complexity index is 47.7. The average molecular weight is 134 g/mol. The molecule has 0 spiro atoms. The molecular weight excluding hydrogens is 120 g/mol. The molecule has 0 bridgehead atoms. The molecular formula is C5H14N2S. The van der Waals surface area contributed by atoms with Crippen molar-refractivity contribution in [2.45, 2.75) is 19.9 Å². The van der Waals surface area contributed by atoms with Crippen molar-refractivity contribution in [1.29, 1.82) is 0 Å². The molecule has 50 valence electrons. The van der Waals surface area contributed by atoms with Gasteiger partial charge in [0.2, 0.25) is 0 Å². The number of nitrogens with one attached hydrogen (secondary N) is 1. The van der Waals surface area contributed by atoms with Crippen LogP contribution in [0.2, 0.25) is 0 Å². The van der Waals surface area contributed by atoms with Gasteiger partial charge in [0.1, 0.15) is 0 Å². The lowest BCUT2D eigenvalue weighted by Crippen LogP contribution is -2.16. The highest BCUT2D eigenvalue weighted by molar-refractivity contribution is 7.97. The number of hydrogen-bond donors (Lipinski definition) is 2. The molecule has 0 fully saturated rings. The van der Waals surface area contributed by atoms with E-state index in [2.05, 4.69) is 18.6 Å². The zero-order valence-electron chi connectivity index (χ0n) is 5.48. The molecule has 0 rings (SSSR count). The topological polar surface area (TPSA) is 38.0 Å². The Hall–Kier alpha value is 0.270. The molecule has 0 unspecified atom stereocenters. The van der Waals surface area contributed by atoms with Crippen molar-refractivity contribution in [2.24, 2.45) is 5.73 Å². The molecule has 0 aliphatic rings. The lowest BCUT2D eigenvalue weighted by atomic mass is 10.4. The second-order valence-electron chi connectivity index (χ2n) is 1.91. The summed E-state index contributed by atoms with van der Waals surface area (Å²) in [6.07, 6.45) is 0. The predicted octanol–water partition coefficient (Wildman–Crippen LogP) is 0.591. The lowest BCUT2D eigenvalue weighted by Gasteiger charge is -2.04. The molecule has 0 aliphatic carbocycles. The largest absolute Gasteiger partial charge is 0.330 e. The van der Waals surface area contributed by atoms with Crippen LogP contribution >= 0.6 is 11.9 Å². The number of rotatable bonds is 4. The van der Waals surface area contributed by atoms with Crippen molar-refractivity contribution in [2.75, 3.05) is 12.3 Å².